The first-order valence-electron chi connectivity index (χ1n) is 4.74. The van der Waals surface area contributed by atoms with E-state index in [9.17, 15) is 5.11 Å². The summed E-state index contributed by atoms with van der Waals surface area (Å²) in [6.07, 6.45) is 1.90. The van der Waals surface area contributed by atoms with Crippen molar-refractivity contribution in [2.75, 3.05) is 0 Å². The van der Waals surface area contributed by atoms with Crippen LogP contribution in [0.3, 0.4) is 0 Å². The molecule has 0 spiro atoms. The Kier molecular flexibility index (Phi) is 1.95. The molecule has 0 atom stereocenters. The Labute approximate surface area is 83.0 Å². The van der Waals surface area contributed by atoms with E-state index >= 15 is 0 Å². The molecule has 2 aromatic rings. The largest absolute Gasteiger partial charge is 0.508 e. The third kappa shape index (κ3) is 1.35. The van der Waals surface area contributed by atoms with Gasteiger partial charge in [-0.25, -0.2) is 0 Å². The van der Waals surface area contributed by atoms with Gasteiger partial charge >= 0.3 is 0 Å². The third-order valence-electron chi connectivity index (χ3n) is 2.39. The number of aromatic nitrogens is 2. The van der Waals surface area contributed by atoms with E-state index < -0.39 is 0 Å². The minimum atomic E-state index is 0.321. The molecule has 14 heavy (non-hydrogen) atoms. The van der Waals surface area contributed by atoms with E-state index in [4.69, 9.17) is 0 Å². The molecule has 74 valence electrons. The van der Waals surface area contributed by atoms with Crippen LogP contribution in [0.1, 0.15) is 25.3 Å². The van der Waals surface area contributed by atoms with Gasteiger partial charge in [0.25, 0.3) is 0 Å². The molecule has 0 bridgehead atoms. The molecular formula is C11H14N2O. The molecular weight excluding hydrogens is 176 g/mol. The average Bonchev–Trinajstić information content (AvgIpc) is 2.42. The molecule has 0 radical (unpaired) electrons. The van der Waals surface area contributed by atoms with Crippen LogP contribution in [0.4, 0.5) is 0 Å². The number of fused-ring (bicyclic) bond motifs is 1. The fourth-order valence-electron chi connectivity index (χ4n) is 1.66. The van der Waals surface area contributed by atoms with Crippen molar-refractivity contribution in [3.8, 4) is 5.75 Å². The molecule has 0 aliphatic heterocycles. The Hall–Kier alpha value is -1.51. The Morgan fingerprint density at radius 3 is 2.71 bits per heavy atom. The molecule has 0 saturated carbocycles. The van der Waals surface area contributed by atoms with Crippen LogP contribution in [0.2, 0.25) is 0 Å². The van der Waals surface area contributed by atoms with Crippen molar-refractivity contribution in [3.05, 3.63) is 23.9 Å². The van der Waals surface area contributed by atoms with Gasteiger partial charge < -0.3 is 5.11 Å². The zero-order chi connectivity index (χ0) is 10.3. The van der Waals surface area contributed by atoms with Crippen molar-refractivity contribution in [2.45, 2.75) is 19.8 Å². The lowest BCUT2D eigenvalue weighted by Crippen LogP contribution is -1.88. The van der Waals surface area contributed by atoms with E-state index in [-0.39, 0.29) is 0 Å². The van der Waals surface area contributed by atoms with Crippen molar-refractivity contribution < 1.29 is 5.11 Å². The molecule has 3 nitrogen and oxygen atoms in total. The second-order valence-electron chi connectivity index (χ2n) is 3.93. The van der Waals surface area contributed by atoms with Crippen LogP contribution >= 0.6 is 0 Å². The van der Waals surface area contributed by atoms with Crippen LogP contribution in [-0.2, 0) is 7.05 Å². The number of benzene rings is 1. The number of hydrogen-bond donors (Lipinski definition) is 1. The van der Waals surface area contributed by atoms with Crippen LogP contribution < -0.4 is 0 Å². The van der Waals surface area contributed by atoms with Crippen molar-refractivity contribution in [2.24, 2.45) is 7.05 Å². The molecule has 0 amide bonds. The summed E-state index contributed by atoms with van der Waals surface area (Å²) in [5.74, 6) is 0.682. The molecule has 1 N–H and O–H groups in total. The van der Waals surface area contributed by atoms with Gasteiger partial charge in [-0.2, -0.15) is 5.10 Å². The Bertz CT molecular complexity index is 471. The maximum Gasteiger partial charge on any atom is 0.119 e. The predicted octanol–water partition coefficient (Wildman–Crippen LogP) is 2.40. The zero-order valence-electron chi connectivity index (χ0n) is 8.65. The molecule has 0 aliphatic carbocycles. The number of aryl methyl sites for hydroxylation is 1. The fourth-order valence-corrected chi connectivity index (χ4v) is 1.66. The predicted molar refractivity (Wildman–Crippen MR) is 56.5 cm³/mol. The molecule has 1 aromatic carbocycles. The van der Waals surface area contributed by atoms with Gasteiger partial charge in [-0.1, -0.05) is 13.8 Å². The van der Waals surface area contributed by atoms with Crippen LogP contribution in [0.15, 0.2) is 18.3 Å². The first kappa shape index (κ1) is 9.06. The van der Waals surface area contributed by atoms with Gasteiger partial charge in [0, 0.05) is 18.6 Å². The van der Waals surface area contributed by atoms with Gasteiger partial charge in [-0.05, 0) is 23.6 Å². The Morgan fingerprint density at radius 1 is 1.36 bits per heavy atom. The maximum absolute atomic E-state index is 9.75. The SMILES string of the molecule is CC(C)c1cc2nn(C)cc2cc1O. The quantitative estimate of drug-likeness (QED) is 0.749. The summed E-state index contributed by atoms with van der Waals surface area (Å²) in [4.78, 5) is 0. The molecule has 2 rings (SSSR count). The first-order valence-corrected chi connectivity index (χ1v) is 4.74. The highest BCUT2D eigenvalue weighted by atomic mass is 16.3. The summed E-state index contributed by atoms with van der Waals surface area (Å²) in [5, 5.41) is 15.0. The normalized spacial score (nSPS) is 11.4. The standard InChI is InChI=1S/C11H14N2O/c1-7(2)9-5-10-8(4-11(9)14)6-13(3)12-10/h4-7,14H,1-3H3. The van der Waals surface area contributed by atoms with Gasteiger partial charge in [0.2, 0.25) is 0 Å². The van der Waals surface area contributed by atoms with E-state index in [2.05, 4.69) is 18.9 Å². The van der Waals surface area contributed by atoms with E-state index in [1.54, 1.807) is 10.7 Å². The lowest BCUT2D eigenvalue weighted by molar-refractivity contribution is 0.466. The van der Waals surface area contributed by atoms with Crippen LogP contribution in [0, 0.1) is 0 Å². The molecule has 0 saturated heterocycles. The summed E-state index contributed by atoms with van der Waals surface area (Å²) < 4.78 is 1.76. The summed E-state index contributed by atoms with van der Waals surface area (Å²) in [6, 6.07) is 3.73. The Balaban J connectivity index is 2.70. The lowest BCUT2D eigenvalue weighted by Gasteiger charge is -2.07. The summed E-state index contributed by atoms with van der Waals surface area (Å²) in [5.41, 5.74) is 1.89. The number of phenolic OH excluding ortho intramolecular Hbond substituents is 1. The zero-order valence-corrected chi connectivity index (χ0v) is 8.65. The van der Waals surface area contributed by atoms with E-state index in [0.717, 1.165) is 16.5 Å². The third-order valence-corrected chi connectivity index (χ3v) is 2.39. The van der Waals surface area contributed by atoms with Crippen molar-refractivity contribution in [1.29, 1.82) is 0 Å². The van der Waals surface area contributed by atoms with Crippen LogP contribution in [0.5, 0.6) is 5.75 Å². The number of phenols is 1. The molecule has 0 fully saturated rings. The van der Waals surface area contributed by atoms with Gasteiger partial charge in [0.05, 0.1) is 5.52 Å². The second kappa shape index (κ2) is 3.01. The smallest absolute Gasteiger partial charge is 0.119 e. The molecule has 0 aliphatic rings. The molecule has 3 heteroatoms. The van der Waals surface area contributed by atoms with E-state index in [1.165, 1.54) is 0 Å². The fraction of sp³-hybridized carbons (Fsp3) is 0.364. The van der Waals surface area contributed by atoms with Crippen LogP contribution in [-0.4, -0.2) is 14.9 Å². The van der Waals surface area contributed by atoms with Crippen molar-refractivity contribution in [1.82, 2.24) is 9.78 Å². The average molecular weight is 190 g/mol. The van der Waals surface area contributed by atoms with Gasteiger partial charge in [0.15, 0.2) is 0 Å². The number of hydrogen-bond acceptors (Lipinski definition) is 2. The summed E-state index contributed by atoms with van der Waals surface area (Å²) in [6.45, 7) is 4.12. The number of nitrogens with zero attached hydrogens (tertiary/aromatic N) is 2. The molecule has 0 unspecified atom stereocenters. The van der Waals surface area contributed by atoms with Crippen molar-refractivity contribution in [3.63, 3.8) is 0 Å². The first-order chi connectivity index (χ1) is 6.58. The van der Waals surface area contributed by atoms with Gasteiger partial charge in [0.1, 0.15) is 5.75 Å². The minimum absolute atomic E-state index is 0.321. The Morgan fingerprint density at radius 2 is 2.07 bits per heavy atom. The second-order valence-corrected chi connectivity index (χ2v) is 3.93. The summed E-state index contributed by atoms with van der Waals surface area (Å²) >= 11 is 0. The highest BCUT2D eigenvalue weighted by molar-refractivity contribution is 5.81. The van der Waals surface area contributed by atoms with Crippen LogP contribution in [0.25, 0.3) is 10.9 Å². The van der Waals surface area contributed by atoms with E-state index in [0.29, 0.717) is 11.7 Å². The summed E-state index contributed by atoms with van der Waals surface area (Å²) in [7, 11) is 1.88. The lowest BCUT2D eigenvalue weighted by atomic mass is 10.0. The van der Waals surface area contributed by atoms with Gasteiger partial charge in [-0.15, -0.1) is 0 Å². The highest BCUT2D eigenvalue weighted by Gasteiger charge is 2.09. The number of rotatable bonds is 1. The maximum atomic E-state index is 9.75. The van der Waals surface area contributed by atoms with Gasteiger partial charge in [-0.3, -0.25) is 4.68 Å². The minimum Gasteiger partial charge on any atom is -0.508 e. The monoisotopic (exact) mass is 190 g/mol. The molecule has 1 heterocycles. The highest BCUT2D eigenvalue weighted by Crippen LogP contribution is 2.29. The van der Waals surface area contributed by atoms with Crippen molar-refractivity contribution >= 4 is 10.9 Å². The number of aromatic hydroxyl groups is 1. The topological polar surface area (TPSA) is 38.0 Å². The molecule has 1 aromatic heterocycles. The van der Waals surface area contributed by atoms with E-state index in [1.807, 2.05) is 19.3 Å².